The van der Waals surface area contributed by atoms with E-state index in [4.69, 9.17) is 0 Å². The van der Waals surface area contributed by atoms with Crippen molar-refractivity contribution in [2.45, 2.75) is 72.1 Å². The Morgan fingerprint density at radius 1 is 0.824 bits per heavy atom. The van der Waals surface area contributed by atoms with Crippen molar-refractivity contribution < 1.29 is 0 Å². The van der Waals surface area contributed by atoms with Gasteiger partial charge in [-0.05, 0) is 48.3 Å². The van der Waals surface area contributed by atoms with Gasteiger partial charge in [0.25, 0.3) is 0 Å². The summed E-state index contributed by atoms with van der Waals surface area (Å²) in [5.41, 5.74) is 4.61. The molecule has 96 valence electrons. The van der Waals surface area contributed by atoms with Crippen molar-refractivity contribution in [3.8, 4) is 0 Å². The van der Waals surface area contributed by atoms with E-state index in [1.54, 1.807) is 11.1 Å². The SMILES string of the molecule is CCCCc1cc(CCCC)cc(C(C)C)c1. The van der Waals surface area contributed by atoms with E-state index in [2.05, 4.69) is 45.9 Å². The van der Waals surface area contributed by atoms with Crippen LogP contribution in [0.4, 0.5) is 0 Å². The normalized spacial score (nSPS) is 11.1. The number of benzene rings is 1. The first kappa shape index (κ1) is 14.3. The van der Waals surface area contributed by atoms with Crippen molar-refractivity contribution in [1.29, 1.82) is 0 Å². The minimum Gasteiger partial charge on any atom is -0.0654 e. The molecule has 0 unspecified atom stereocenters. The molecular formula is C17H28. The molecule has 0 aliphatic heterocycles. The number of unbranched alkanes of at least 4 members (excludes halogenated alkanes) is 2. The Hall–Kier alpha value is -0.780. The molecule has 0 aliphatic carbocycles. The van der Waals surface area contributed by atoms with Gasteiger partial charge in [-0.2, -0.15) is 0 Å². The lowest BCUT2D eigenvalue weighted by atomic mass is 9.94. The van der Waals surface area contributed by atoms with Crippen LogP contribution in [0.5, 0.6) is 0 Å². The molecule has 0 heteroatoms. The van der Waals surface area contributed by atoms with E-state index in [0.717, 1.165) is 0 Å². The molecular weight excluding hydrogens is 204 g/mol. The smallest absolute Gasteiger partial charge is 0.0219 e. The summed E-state index contributed by atoms with van der Waals surface area (Å²) in [6, 6.07) is 7.25. The van der Waals surface area contributed by atoms with E-state index in [1.165, 1.54) is 44.1 Å². The number of aryl methyl sites for hydroxylation is 2. The van der Waals surface area contributed by atoms with Gasteiger partial charge in [-0.15, -0.1) is 0 Å². The third-order valence-corrected chi connectivity index (χ3v) is 3.38. The molecule has 0 aromatic heterocycles. The van der Waals surface area contributed by atoms with Gasteiger partial charge >= 0.3 is 0 Å². The van der Waals surface area contributed by atoms with Crippen LogP contribution < -0.4 is 0 Å². The highest BCUT2D eigenvalue weighted by atomic mass is 14.1. The van der Waals surface area contributed by atoms with Crippen LogP contribution in [0.2, 0.25) is 0 Å². The highest BCUT2D eigenvalue weighted by Gasteiger charge is 2.04. The van der Waals surface area contributed by atoms with E-state index < -0.39 is 0 Å². The number of hydrogen-bond donors (Lipinski definition) is 0. The molecule has 0 fully saturated rings. The molecule has 0 atom stereocenters. The summed E-state index contributed by atoms with van der Waals surface area (Å²) in [5.74, 6) is 0.650. The highest BCUT2D eigenvalue weighted by molar-refractivity contribution is 5.32. The van der Waals surface area contributed by atoms with Crippen LogP contribution >= 0.6 is 0 Å². The summed E-state index contributed by atoms with van der Waals surface area (Å²) >= 11 is 0. The monoisotopic (exact) mass is 232 g/mol. The van der Waals surface area contributed by atoms with E-state index in [1.807, 2.05) is 0 Å². The van der Waals surface area contributed by atoms with Crippen LogP contribution in [-0.2, 0) is 12.8 Å². The fourth-order valence-corrected chi connectivity index (χ4v) is 2.18. The van der Waals surface area contributed by atoms with Gasteiger partial charge in [0, 0.05) is 0 Å². The van der Waals surface area contributed by atoms with E-state index in [0.29, 0.717) is 5.92 Å². The maximum Gasteiger partial charge on any atom is -0.0219 e. The third kappa shape index (κ3) is 4.93. The van der Waals surface area contributed by atoms with E-state index in [-0.39, 0.29) is 0 Å². The zero-order valence-corrected chi connectivity index (χ0v) is 12.1. The summed E-state index contributed by atoms with van der Waals surface area (Å²) in [5, 5.41) is 0. The van der Waals surface area contributed by atoms with Crippen LogP contribution in [0, 0.1) is 0 Å². The molecule has 0 saturated heterocycles. The summed E-state index contributed by atoms with van der Waals surface area (Å²) in [4.78, 5) is 0. The standard InChI is InChI=1S/C17H28/c1-5-7-9-15-11-16(10-8-6-2)13-17(12-15)14(3)4/h11-14H,5-10H2,1-4H3. The second kappa shape index (κ2) is 7.53. The Kier molecular flexibility index (Phi) is 6.32. The van der Waals surface area contributed by atoms with Gasteiger partial charge in [0.05, 0.1) is 0 Å². The maximum atomic E-state index is 2.43. The van der Waals surface area contributed by atoms with Crippen molar-refractivity contribution in [1.82, 2.24) is 0 Å². The van der Waals surface area contributed by atoms with Crippen molar-refractivity contribution in [2.24, 2.45) is 0 Å². The molecule has 1 aromatic carbocycles. The highest BCUT2D eigenvalue weighted by Crippen LogP contribution is 2.21. The summed E-state index contributed by atoms with van der Waals surface area (Å²) in [7, 11) is 0. The molecule has 0 radical (unpaired) electrons. The lowest BCUT2D eigenvalue weighted by Gasteiger charge is -2.12. The number of rotatable bonds is 7. The predicted molar refractivity (Wildman–Crippen MR) is 77.8 cm³/mol. The molecule has 0 nitrogen and oxygen atoms in total. The molecule has 0 heterocycles. The van der Waals surface area contributed by atoms with Crippen molar-refractivity contribution in [3.63, 3.8) is 0 Å². The first-order valence-electron chi connectivity index (χ1n) is 7.30. The van der Waals surface area contributed by atoms with Crippen LogP contribution in [0.1, 0.15) is 76.0 Å². The minimum absolute atomic E-state index is 0.650. The van der Waals surface area contributed by atoms with Crippen LogP contribution in [0.3, 0.4) is 0 Å². The zero-order valence-electron chi connectivity index (χ0n) is 12.1. The van der Waals surface area contributed by atoms with Crippen LogP contribution in [0.25, 0.3) is 0 Å². The van der Waals surface area contributed by atoms with Gasteiger partial charge in [0.2, 0.25) is 0 Å². The Bertz CT molecular complexity index is 297. The first-order chi connectivity index (χ1) is 8.17. The molecule has 0 saturated carbocycles. The Morgan fingerprint density at radius 3 is 1.65 bits per heavy atom. The second-order valence-corrected chi connectivity index (χ2v) is 5.44. The maximum absolute atomic E-state index is 2.43. The van der Waals surface area contributed by atoms with Gasteiger partial charge in [0.15, 0.2) is 0 Å². The average molecular weight is 232 g/mol. The third-order valence-electron chi connectivity index (χ3n) is 3.38. The van der Waals surface area contributed by atoms with E-state index in [9.17, 15) is 0 Å². The molecule has 0 aliphatic rings. The molecule has 17 heavy (non-hydrogen) atoms. The molecule has 0 N–H and O–H groups in total. The average Bonchev–Trinajstić information content (AvgIpc) is 2.33. The lowest BCUT2D eigenvalue weighted by molar-refractivity contribution is 0.771. The molecule has 0 amide bonds. The quantitative estimate of drug-likeness (QED) is 0.582. The predicted octanol–water partition coefficient (Wildman–Crippen LogP) is 5.50. The fourth-order valence-electron chi connectivity index (χ4n) is 2.18. The summed E-state index contributed by atoms with van der Waals surface area (Å²) < 4.78 is 0. The van der Waals surface area contributed by atoms with Crippen LogP contribution in [-0.4, -0.2) is 0 Å². The Balaban J connectivity index is 2.84. The molecule has 1 aromatic rings. The molecule has 0 bridgehead atoms. The zero-order chi connectivity index (χ0) is 12.7. The second-order valence-electron chi connectivity index (χ2n) is 5.44. The topological polar surface area (TPSA) is 0 Å². The number of hydrogen-bond acceptors (Lipinski definition) is 0. The summed E-state index contributed by atoms with van der Waals surface area (Å²) in [6.45, 7) is 9.12. The largest absolute Gasteiger partial charge is 0.0654 e. The van der Waals surface area contributed by atoms with Crippen LogP contribution in [0.15, 0.2) is 18.2 Å². The van der Waals surface area contributed by atoms with E-state index >= 15 is 0 Å². The van der Waals surface area contributed by atoms with Crippen molar-refractivity contribution in [3.05, 3.63) is 34.9 Å². The van der Waals surface area contributed by atoms with Gasteiger partial charge in [-0.3, -0.25) is 0 Å². The van der Waals surface area contributed by atoms with Crippen molar-refractivity contribution in [2.75, 3.05) is 0 Å². The molecule has 1 rings (SSSR count). The first-order valence-corrected chi connectivity index (χ1v) is 7.30. The fraction of sp³-hybridized carbons (Fsp3) is 0.647. The Morgan fingerprint density at radius 2 is 1.29 bits per heavy atom. The molecule has 0 spiro atoms. The van der Waals surface area contributed by atoms with Crippen molar-refractivity contribution >= 4 is 0 Å². The minimum atomic E-state index is 0.650. The lowest BCUT2D eigenvalue weighted by Crippen LogP contribution is -1.96. The van der Waals surface area contributed by atoms with Gasteiger partial charge < -0.3 is 0 Å². The van der Waals surface area contributed by atoms with Gasteiger partial charge in [0.1, 0.15) is 0 Å². The van der Waals surface area contributed by atoms with Gasteiger partial charge in [-0.25, -0.2) is 0 Å². The Labute approximate surface area is 107 Å². The summed E-state index contributed by atoms with van der Waals surface area (Å²) in [6.07, 6.45) is 7.70. The van der Waals surface area contributed by atoms with Gasteiger partial charge in [-0.1, -0.05) is 58.7 Å².